The van der Waals surface area contributed by atoms with Crippen LogP contribution in [0.4, 0.5) is 8.78 Å². The quantitative estimate of drug-likeness (QED) is 0.804. The molecule has 0 spiro atoms. The molecule has 15 heavy (non-hydrogen) atoms. The van der Waals surface area contributed by atoms with Crippen LogP contribution in [-0.4, -0.2) is 22.8 Å². The van der Waals surface area contributed by atoms with Gasteiger partial charge in [-0.15, -0.1) is 0 Å². The summed E-state index contributed by atoms with van der Waals surface area (Å²) in [6.45, 7) is -0.306. The lowest BCUT2D eigenvalue weighted by Gasteiger charge is -2.02. The van der Waals surface area contributed by atoms with Crippen molar-refractivity contribution < 1.29 is 23.8 Å². The third-order valence-electron chi connectivity index (χ3n) is 1.74. The number of aliphatic hydroxyl groups excluding tert-OH is 1. The SMILES string of the molecule is O=C(O)c1c(F)ccc(C=CCO)c1F. The van der Waals surface area contributed by atoms with Crippen LogP contribution in [0.5, 0.6) is 0 Å². The van der Waals surface area contributed by atoms with E-state index in [1.54, 1.807) is 0 Å². The summed E-state index contributed by atoms with van der Waals surface area (Å²) in [5.41, 5.74) is -1.07. The fourth-order valence-corrected chi connectivity index (χ4v) is 1.07. The summed E-state index contributed by atoms with van der Waals surface area (Å²) in [5, 5.41) is 17.0. The molecule has 1 aromatic carbocycles. The fraction of sp³-hybridized carbons (Fsp3) is 0.100. The molecule has 0 aliphatic heterocycles. The summed E-state index contributed by atoms with van der Waals surface area (Å²) >= 11 is 0. The Morgan fingerprint density at radius 3 is 2.60 bits per heavy atom. The van der Waals surface area contributed by atoms with Gasteiger partial charge in [-0.25, -0.2) is 13.6 Å². The van der Waals surface area contributed by atoms with Crippen molar-refractivity contribution in [3.8, 4) is 0 Å². The zero-order valence-corrected chi connectivity index (χ0v) is 7.58. The molecule has 80 valence electrons. The average molecular weight is 214 g/mol. The number of carboxylic acid groups (broad SMARTS) is 1. The van der Waals surface area contributed by atoms with Crippen molar-refractivity contribution >= 4 is 12.0 Å². The van der Waals surface area contributed by atoms with Gasteiger partial charge < -0.3 is 10.2 Å². The molecule has 0 aliphatic carbocycles. The molecule has 5 heteroatoms. The molecule has 0 saturated carbocycles. The molecule has 0 fully saturated rings. The number of benzene rings is 1. The first-order chi connectivity index (χ1) is 7.07. The molecule has 0 heterocycles. The predicted molar refractivity (Wildman–Crippen MR) is 49.4 cm³/mol. The van der Waals surface area contributed by atoms with Crippen LogP contribution >= 0.6 is 0 Å². The highest BCUT2D eigenvalue weighted by Gasteiger charge is 2.18. The van der Waals surface area contributed by atoms with Crippen LogP contribution in [0, 0.1) is 11.6 Å². The van der Waals surface area contributed by atoms with E-state index >= 15 is 0 Å². The normalized spacial score (nSPS) is 10.9. The van der Waals surface area contributed by atoms with Gasteiger partial charge in [0.25, 0.3) is 0 Å². The van der Waals surface area contributed by atoms with Crippen molar-refractivity contribution in [3.05, 3.63) is 41.0 Å². The molecular weight excluding hydrogens is 206 g/mol. The molecule has 0 unspecified atom stereocenters. The van der Waals surface area contributed by atoms with Crippen LogP contribution in [0.3, 0.4) is 0 Å². The highest BCUT2D eigenvalue weighted by Crippen LogP contribution is 2.18. The second kappa shape index (κ2) is 4.65. The molecular formula is C10H8F2O3. The van der Waals surface area contributed by atoms with Crippen molar-refractivity contribution in [1.82, 2.24) is 0 Å². The molecule has 0 atom stereocenters. The van der Waals surface area contributed by atoms with Crippen LogP contribution < -0.4 is 0 Å². The second-order valence-corrected chi connectivity index (χ2v) is 2.72. The second-order valence-electron chi connectivity index (χ2n) is 2.72. The van der Waals surface area contributed by atoms with Crippen molar-refractivity contribution in [2.75, 3.05) is 6.61 Å². The van der Waals surface area contributed by atoms with Crippen molar-refractivity contribution in [2.45, 2.75) is 0 Å². The first-order valence-corrected chi connectivity index (χ1v) is 4.06. The Kier molecular flexibility index (Phi) is 3.51. The number of aromatic carboxylic acids is 1. The molecule has 0 bridgehead atoms. The lowest BCUT2D eigenvalue weighted by Crippen LogP contribution is -2.05. The summed E-state index contributed by atoms with van der Waals surface area (Å²) in [4.78, 5) is 10.5. The van der Waals surface area contributed by atoms with Gasteiger partial charge in [-0.2, -0.15) is 0 Å². The number of hydrogen-bond donors (Lipinski definition) is 2. The standard InChI is InChI=1S/C10H8F2O3/c11-7-4-3-6(2-1-5-13)9(12)8(7)10(14)15/h1-4,13H,5H2,(H,14,15). The molecule has 0 aliphatic rings. The lowest BCUT2D eigenvalue weighted by molar-refractivity contribution is 0.0686. The van der Waals surface area contributed by atoms with E-state index < -0.39 is 23.2 Å². The topological polar surface area (TPSA) is 57.5 Å². The monoisotopic (exact) mass is 214 g/mol. The Balaban J connectivity index is 3.28. The molecule has 2 N–H and O–H groups in total. The van der Waals surface area contributed by atoms with Crippen LogP contribution in [0.25, 0.3) is 6.08 Å². The van der Waals surface area contributed by atoms with Crippen LogP contribution in [-0.2, 0) is 0 Å². The molecule has 1 aromatic rings. The Morgan fingerprint density at radius 2 is 2.07 bits per heavy atom. The van der Waals surface area contributed by atoms with Gasteiger partial charge in [0.1, 0.15) is 17.2 Å². The Labute approximate surface area is 84.3 Å². The van der Waals surface area contributed by atoms with Gasteiger partial charge in [0.2, 0.25) is 0 Å². The number of carbonyl (C=O) groups is 1. The van der Waals surface area contributed by atoms with Crippen molar-refractivity contribution in [2.24, 2.45) is 0 Å². The fourth-order valence-electron chi connectivity index (χ4n) is 1.07. The minimum atomic E-state index is -1.66. The predicted octanol–water partition coefficient (Wildman–Crippen LogP) is 1.67. The Morgan fingerprint density at radius 1 is 1.40 bits per heavy atom. The highest BCUT2D eigenvalue weighted by atomic mass is 19.1. The lowest BCUT2D eigenvalue weighted by atomic mass is 10.1. The number of halogens is 2. The summed E-state index contributed by atoms with van der Waals surface area (Å²) in [6, 6.07) is 1.97. The van der Waals surface area contributed by atoms with Gasteiger partial charge >= 0.3 is 5.97 Å². The third-order valence-corrected chi connectivity index (χ3v) is 1.74. The molecule has 1 rings (SSSR count). The van der Waals surface area contributed by atoms with Crippen molar-refractivity contribution in [3.63, 3.8) is 0 Å². The third kappa shape index (κ3) is 2.38. The zero-order chi connectivity index (χ0) is 11.4. The van der Waals surface area contributed by atoms with Gasteiger partial charge in [0, 0.05) is 5.56 Å². The van der Waals surface area contributed by atoms with E-state index in [9.17, 15) is 13.6 Å². The summed E-state index contributed by atoms with van der Waals surface area (Å²) in [6.07, 6.45) is 2.41. The minimum Gasteiger partial charge on any atom is -0.477 e. The maximum atomic E-state index is 13.4. The number of rotatable bonds is 3. The highest BCUT2D eigenvalue weighted by molar-refractivity contribution is 5.89. The molecule has 0 aromatic heterocycles. The van der Waals surface area contributed by atoms with Gasteiger partial charge in [0.15, 0.2) is 0 Å². The minimum absolute atomic E-state index is 0.0807. The van der Waals surface area contributed by atoms with E-state index in [1.807, 2.05) is 0 Å². The molecule has 0 saturated heterocycles. The maximum Gasteiger partial charge on any atom is 0.341 e. The van der Waals surface area contributed by atoms with E-state index in [0.717, 1.165) is 12.1 Å². The summed E-state index contributed by atoms with van der Waals surface area (Å²) < 4.78 is 26.3. The number of aliphatic hydroxyl groups is 1. The van der Waals surface area contributed by atoms with Crippen LogP contribution in [0.15, 0.2) is 18.2 Å². The Bertz CT molecular complexity index is 413. The van der Waals surface area contributed by atoms with E-state index in [0.29, 0.717) is 0 Å². The summed E-state index contributed by atoms with van der Waals surface area (Å²) in [5.74, 6) is -3.93. The van der Waals surface area contributed by atoms with Crippen LogP contribution in [0.2, 0.25) is 0 Å². The smallest absolute Gasteiger partial charge is 0.341 e. The molecule has 3 nitrogen and oxygen atoms in total. The van der Waals surface area contributed by atoms with Crippen LogP contribution in [0.1, 0.15) is 15.9 Å². The number of hydrogen-bond acceptors (Lipinski definition) is 2. The van der Waals surface area contributed by atoms with Crippen molar-refractivity contribution in [1.29, 1.82) is 0 Å². The zero-order valence-electron chi connectivity index (χ0n) is 7.58. The van der Waals surface area contributed by atoms with E-state index in [2.05, 4.69) is 0 Å². The van der Waals surface area contributed by atoms with E-state index in [1.165, 1.54) is 12.2 Å². The van der Waals surface area contributed by atoms with Gasteiger partial charge in [-0.1, -0.05) is 12.2 Å². The van der Waals surface area contributed by atoms with E-state index in [4.69, 9.17) is 10.2 Å². The van der Waals surface area contributed by atoms with Gasteiger partial charge in [-0.3, -0.25) is 0 Å². The van der Waals surface area contributed by atoms with E-state index in [-0.39, 0.29) is 12.2 Å². The molecule has 0 radical (unpaired) electrons. The maximum absolute atomic E-state index is 13.4. The first kappa shape index (κ1) is 11.3. The van der Waals surface area contributed by atoms with Gasteiger partial charge in [0.05, 0.1) is 6.61 Å². The van der Waals surface area contributed by atoms with Gasteiger partial charge in [-0.05, 0) is 12.1 Å². The largest absolute Gasteiger partial charge is 0.477 e. The summed E-state index contributed by atoms with van der Waals surface area (Å²) in [7, 11) is 0. The first-order valence-electron chi connectivity index (χ1n) is 4.06. The molecule has 0 amide bonds. The Hall–Kier alpha value is -1.75. The number of carboxylic acids is 1. The average Bonchev–Trinajstić information content (AvgIpc) is 2.16.